The van der Waals surface area contributed by atoms with Crippen molar-refractivity contribution in [3.05, 3.63) is 23.7 Å². The number of aliphatic hydroxyl groups is 1. The fourth-order valence-corrected chi connectivity index (χ4v) is 2.29. The molecule has 0 fully saturated rings. The zero-order valence-corrected chi connectivity index (χ0v) is 10.9. The summed E-state index contributed by atoms with van der Waals surface area (Å²) in [6.45, 7) is 5.97. The third-order valence-electron chi connectivity index (χ3n) is 3.46. The first-order chi connectivity index (χ1) is 8.54. The van der Waals surface area contributed by atoms with Gasteiger partial charge in [-0.1, -0.05) is 13.8 Å². The molecule has 0 aromatic heterocycles. The van der Waals surface area contributed by atoms with Crippen molar-refractivity contribution in [2.24, 2.45) is 10.9 Å². The highest BCUT2D eigenvalue weighted by Gasteiger charge is 2.40. The molecule has 0 aliphatic carbocycles. The second-order valence-electron chi connectivity index (χ2n) is 4.79. The van der Waals surface area contributed by atoms with Crippen LogP contribution in [0.25, 0.3) is 0 Å². The fourth-order valence-electron chi connectivity index (χ4n) is 2.29. The monoisotopic (exact) mass is 246 g/mol. The van der Waals surface area contributed by atoms with Gasteiger partial charge in [0.05, 0.1) is 6.07 Å². The highest BCUT2D eigenvalue weighted by molar-refractivity contribution is 5.87. The number of hydrazine groups is 1. The molecule has 0 spiro atoms. The Morgan fingerprint density at radius 2 is 2.22 bits per heavy atom. The largest absolute Gasteiger partial charge is 0.508 e. The second-order valence-corrected chi connectivity index (χ2v) is 4.79. The van der Waals surface area contributed by atoms with E-state index in [9.17, 15) is 10.4 Å². The number of allylic oxidation sites excluding steroid dienone is 1. The lowest BCUT2D eigenvalue weighted by Crippen LogP contribution is -2.51. The lowest BCUT2D eigenvalue weighted by molar-refractivity contribution is 0.207. The molecule has 2 heterocycles. The molecule has 1 atom stereocenters. The molecule has 5 nitrogen and oxygen atoms in total. The van der Waals surface area contributed by atoms with Crippen LogP contribution >= 0.6 is 0 Å². The van der Waals surface area contributed by atoms with Crippen LogP contribution in [0.2, 0.25) is 0 Å². The molecule has 0 aromatic carbocycles. The number of fused-ring (bicyclic) bond motifs is 1. The molecular formula is C13H18N4O. The van der Waals surface area contributed by atoms with Crippen LogP contribution in [-0.4, -0.2) is 21.5 Å². The molecule has 2 N–H and O–H groups in total. The maximum Gasteiger partial charge on any atom is 0.168 e. The van der Waals surface area contributed by atoms with Gasteiger partial charge in [-0.3, -0.25) is 5.43 Å². The molecule has 0 bridgehead atoms. The summed E-state index contributed by atoms with van der Waals surface area (Å²) in [5.41, 5.74) is 2.28. The molecule has 0 saturated heterocycles. The number of aliphatic hydroxyl groups excluding tert-OH is 1. The number of hydrogen-bond acceptors (Lipinski definition) is 5. The Morgan fingerprint density at radius 3 is 2.78 bits per heavy atom. The predicted molar refractivity (Wildman–Crippen MR) is 69.3 cm³/mol. The first kappa shape index (κ1) is 12.5. The van der Waals surface area contributed by atoms with Crippen LogP contribution < -0.4 is 5.43 Å². The summed E-state index contributed by atoms with van der Waals surface area (Å²) in [4.78, 5) is 4.49. The van der Waals surface area contributed by atoms with Gasteiger partial charge in [0.1, 0.15) is 11.6 Å². The molecule has 96 valence electrons. The van der Waals surface area contributed by atoms with Crippen molar-refractivity contribution in [1.82, 2.24) is 10.4 Å². The first-order valence-corrected chi connectivity index (χ1v) is 6.24. The summed E-state index contributed by atoms with van der Waals surface area (Å²) >= 11 is 0. The number of nitriles is 1. The van der Waals surface area contributed by atoms with Crippen LogP contribution in [0.15, 0.2) is 28.7 Å². The van der Waals surface area contributed by atoms with E-state index >= 15 is 0 Å². The average Bonchev–Trinajstić information content (AvgIpc) is 2.75. The fraction of sp³-hybridized carbons (Fsp3) is 0.538. The molecule has 1 unspecified atom stereocenters. The van der Waals surface area contributed by atoms with E-state index in [1.807, 2.05) is 0 Å². The van der Waals surface area contributed by atoms with Crippen LogP contribution in [-0.2, 0) is 0 Å². The Kier molecular flexibility index (Phi) is 3.04. The van der Waals surface area contributed by atoms with Crippen molar-refractivity contribution in [3.8, 4) is 6.07 Å². The van der Waals surface area contributed by atoms with Gasteiger partial charge in [-0.15, -0.1) is 0 Å². The van der Waals surface area contributed by atoms with Gasteiger partial charge >= 0.3 is 0 Å². The van der Waals surface area contributed by atoms with Crippen LogP contribution in [0.5, 0.6) is 0 Å². The maximum absolute atomic E-state index is 9.67. The molecule has 0 aromatic rings. The molecule has 2 aliphatic heterocycles. The minimum atomic E-state index is -0.911. The third-order valence-corrected chi connectivity index (χ3v) is 3.46. The van der Waals surface area contributed by atoms with E-state index in [1.54, 1.807) is 18.0 Å². The Morgan fingerprint density at radius 1 is 1.56 bits per heavy atom. The second kappa shape index (κ2) is 4.37. The molecule has 0 radical (unpaired) electrons. The summed E-state index contributed by atoms with van der Waals surface area (Å²) in [5, 5.41) is 20.7. The summed E-state index contributed by atoms with van der Waals surface area (Å²) in [7, 11) is 0. The highest BCUT2D eigenvalue weighted by Crippen LogP contribution is 2.31. The Bertz CT molecular complexity index is 482. The Labute approximate surface area is 107 Å². The van der Waals surface area contributed by atoms with E-state index in [1.165, 1.54) is 6.08 Å². The molecular weight excluding hydrogens is 228 g/mol. The van der Waals surface area contributed by atoms with E-state index in [2.05, 4.69) is 30.3 Å². The van der Waals surface area contributed by atoms with Gasteiger partial charge in [0.25, 0.3) is 0 Å². The Hall–Kier alpha value is -1.96. The molecule has 2 rings (SSSR count). The Balaban J connectivity index is 2.34. The van der Waals surface area contributed by atoms with E-state index in [0.29, 0.717) is 11.7 Å². The minimum absolute atomic E-state index is 0.0849. The van der Waals surface area contributed by atoms with E-state index in [4.69, 9.17) is 0 Å². The van der Waals surface area contributed by atoms with Crippen LogP contribution in [0, 0.1) is 17.2 Å². The van der Waals surface area contributed by atoms with Gasteiger partial charge < -0.3 is 5.11 Å². The van der Waals surface area contributed by atoms with E-state index < -0.39 is 5.54 Å². The number of rotatable bonds is 3. The number of amidine groups is 1. The summed E-state index contributed by atoms with van der Waals surface area (Å²) in [5.74, 6) is 1.90. The van der Waals surface area contributed by atoms with Crippen LogP contribution in [0.3, 0.4) is 0 Å². The minimum Gasteiger partial charge on any atom is -0.508 e. The topological polar surface area (TPSA) is 71.7 Å². The molecule has 5 heteroatoms. The van der Waals surface area contributed by atoms with E-state index in [0.717, 1.165) is 18.7 Å². The number of aliphatic imine (C=N–C) groups is 1. The summed E-state index contributed by atoms with van der Waals surface area (Å²) in [6, 6.07) is 2.19. The first-order valence-electron chi connectivity index (χ1n) is 6.24. The number of hydrogen-bond donors (Lipinski definition) is 2. The van der Waals surface area contributed by atoms with Gasteiger partial charge in [-0.05, 0) is 25.8 Å². The van der Waals surface area contributed by atoms with Crippen molar-refractivity contribution in [3.63, 3.8) is 0 Å². The van der Waals surface area contributed by atoms with Crippen molar-refractivity contribution >= 4 is 5.84 Å². The van der Waals surface area contributed by atoms with Crippen molar-refractivity contribution in [2.75, 3.05) is 0 Å². The highest BCUT2D eigenvalue weighted by atomic mass is 16.3. The van der Waals surface area contributed by atoms with Gasteiger partial charge in [-0.2, -0.15) is 5.26 Å². The smallest absolute Gasteiger partial charge is 0.168 e. The quantitative estimate of drug-likeness (QED) is 0.801. The zero-order valence-electron chi connectivity index (χ0n) is 10.9. The SMILES string of the molecule is CCC(CC)C1=NC2=CC(O)=CC(C)(C#N)N2N1. The standard InChI is InChI=1S/C13H18N4O/c1-4-9(5-2)12-15-11-6-10(18)7-13(3,8-14)17(11)16-12/h6-7,9,18H,4-5H2,1-3H3,(H,15,16). The lowest BCUT2D eigenvalue weighted by Gasteiger charge is -2.34. The normalized spacial score (nSPS) is 25.9. The third kappa shape index (κ3) is 1.84. The molecule has 0 amide bonds. The zero-order chi connectivity index (χ0) is 13.3. The summed E-state index contributed by atoms with van der Waals surface area (Å²) in [6.07, 6.45) is 5.08. The van der Waals surface area contributed by atoms with Crippen molar-refractivity contribution in [1.29, 1.82) is 5.26 Å². The van der Waals surface area contributed by atoms with Gasteiger partial charge in [-0.25, -0.2) is 10.0 Å². The van der Waals surface area contributed by atoms with Gasteiger partial charge in [0, 0.05) is 12.0 Å². The van der Waals surface area contributed by atoms with Gasteiger partial charge in [0.15, 0.2) is 11.4 Å². The molecule has 0 saturated carbocycles. The van der Waals surface area contributed by atoms with Crippen LogP contribution in [0.1, 0.15) is 33.6 Å². The van der Waals surface area contributed by atoms with Crippen molar-refractivity contribution < 1.29 is 5.11 Å². The van der Waals surface area contributed by atoms with E-state index in [-0.39, 0.29) is 5.76 Å². The number of nitrogens with one attached hydrogen (secondary N) is 1. The predicted octanol–water partition coefficient (Wildman–Crippen LogP) is 2.22. The average molecular weight is 246 g/mol. The maximum atomic E-state index is 9.67. The summed E-state index contributed by atoms with van der Waals surface area (Å²) < 4.78 is 0. The van der Waals surface area contributed by atoms with Crippen molar-refractivity contribution in [2.45, 2.75) is 39.2 Å². The molecule has 18 heavy (non-hydrogen) atoms. The van der Waals surface area contributed by atoms with Gasteiger partial charge in [0.2, 0.25) is 0 Å². The van der Waals surface area contributed by atoms with Crippen LogP contribution in [0.4, 0.5) is 0 Å². The lowest BCUT2D eigenvalue weighted by atomic mass is 10.00. The molecule has 2 aliphatic rings. The number of nitrogens with zero attached hydrogens (tertiary/aromatic N) is 3.